The molecule has 0 aliphatic carbocycles. The van der Waals surface area contributed by atoms with Gasteiger partial charge >= 0.3 is 0 Å². The zero-order valence-electron chi connectivity index (χ0n) is 5.46. The lowest BCUT2D eigenvalue weighted by Gasteiger charge is -1.86. The highest BCUT2D eigenvalue weighted by molar-refractivity contribution is 5.47. The van der Waals surface area contributed by atoms with Gasteiger partial charge in [-0.2, -0.15) is 0 Å². The van der Waals surface area contributed by atoms with Crippen molar-refractivity contribution in [3.8, 4) is 0 Å². The van der Waals surface area contributed by atoms with Crippen molar-refractivity contribution in [2.75, 3.05) is 0 Å². The summed E-state index contributed by atoms with van der Waals surface area (Å²) in [6.07, 6.45) is 4.07. The quantitative estimate of drug-likeness (QED) is 0.530. The second-order valence-corrected chi connectivity index (χ2v) is 1.84. The predicted molar refractivity (Wildman–Crippen MR) is 40.0 cm³/mol. The fraction of sp³-hybridized carbons (Fsp3) is 0.111. The molecule has 0 aliphatic rings. The second-order valence-electron chi connectivity index (χ2n) is 1.84. The van der Waals surface area contributed by atoms with Crippen LogP contribution in [-0.4, -0.2) is 0 Å². The summed E-state index contributed by atoms with van der Waals surface area (Å²) < 4.78 is 0. The fourth-order valence-corrected chi connectivity index (χ4v) is 0.703. The third kappa shape index (κ3) is 1.73. The maximum atomic E-state index is 2.99. The average Bonchev–Trinajstić information content (AvgIpc) is 1.91. The van der Waals surface area contributed by atoms with Gasteiger partial charge in [0.2, 0.25) is 0 Å². The Kier molecular flexibility index (Phi) is 2.08. The molecule has 0 atom stereocenters. The summed E-state index contributed by atoms with van der Waals surface area (Å²) in [5.41, 5.74) is 1.21. The van der Waals surface area contributed by atoms with Crippen LogP contribution in [-0.2, 0) is 0 Å². The monoisotopic (exact) mass is 117 g/mol. The number of rotatable bonds is 1. The molecule has 1 aromatic rings. The van der Waals surface area contributed by atoms with Crippen LogP contribution in [0.2, 0.25) is 0 Å². The first kappa shape index (κ1) is 6.09. The number of hydrogen-bond acceptors (Lipinski definition) is 0. The molecule has 0 amide bonds. The van der Waals surface area contributed by atoms with E-state index in [1.54, 1.807) is 0 Å². The van der Waals surface area contributed by atoms with Crippen molar-refractivity contribution < 1.29 is 0 Å². The van der Waals surface area contributed by atoms with Gasteiger partial charge in [-0.1, -0.05) is 30.4 Å². The molecule has 1 radical (unpaired) electrons. The van der Waals surface area contributed by atoms with Crippen LogP contribution < -0.4 is 0 Å². The van der Waals surface area contributed by atoms with Gasteiger partial charge in [0.1, 0.15) is 0 Å². The Balaban J connectivity index is 2.85. The van der Waals surface area contributed by atoms with Crippen molar-refractivity contribution in [2.24, 2.45) is 0 Å². The van der Waals surface area contributed by atoms with Crippen molar-refractivity contribution >= 4 is 6.08 Å². The highest BCUT2D eigenvalue weighted by Gasteiger charge is 1.78. The summed E-state index contributed by atoms with van der Waals surface area (Å²) in [5.74, 6) is 0. The first-order valence-corrected chi connectivity index (χ1v) is 3.02. The minimum atomic E-state index is 1.21. The molecule has 0 nitrogen and oxygen atoms in total. The largest absolute Gasteiger partial charge is 0.0871 e. The van der Waals surface area contributed by atoms with Gasteiger partial charge in [0, 0.05) is 0 Å². The molecular weight excluding hydrogens is 108 g/mol. The number of allylic oxidation sites excluding steroid dienone is 1. The van der Waals surface area contributed by atoms with Gasteiger partial charge in [-0.3, -0.25) is 0 Å². The van der Waals surface area contributed by atoms with Gasteiger partial charge in [-0.25, -0.2) is 0 Å². The normalized spacial score (nSPS) is 10.3. The van der Waals surface area contributed by atoms with Gasteiger partial charge < -0.3 is 0 Å². The molecule has 0 saturated heterocycles. The summed E-state index contributed by atoms with van der Waals surface area (Å²) >= 11 is 0. The van der Waals surface area contributed by atoms with E-state index in [2.05, 4.69) is 18.2 Å². The third-order valence-corrected chi connectivity index (χ3v) is 1.09. The lowest BCUT2D eigenvalue weighted by molar-refractivity contribution is 1.63. The van der Waals surface area contributed by atoms with Crippen LogP contribution in [0.3, 0.4) is 0 Å². The van der Waals surface area contributed by atoms with E-state index in [0.29, 0.717) is 0 Å². The van der Waals surface area contributed by atoms with E-state index in [4.69, 9.17) is 0 Å². The van der Waals surface area contributed by atoms with E-state index >= 15 is 0 Å². The summed E-state index contributed by atoms with van der Waals surface area (Å²) in [4.78, 5) is 0. The topological polar surface area (TPSA) is 0 Å². The fourth-order valence-electron chi connectivity index (χ4n) is 0.703. The van der Waals surface area contributed by atoms with E-state index in [9.17, 15) is 0 Å². The Morgan fingerprint density at radius 1 is 1.56 bits per heavy atom. The zero-order valence-corrected chi connectivity index (χ0v) is 5.46. The summed E-state index contributed by atoms with van der Waals surface area (Å²) in [5, 5.41) is 0. The Hall–Kier alpha value is -1.04. The van der Waals surface area contributed by atoms with Crippen molar-refractivity contribution in [2.45, 2.75) is 6.92 Å². The Morgan fingerprint density at radius 3 is 3.00 bits per heavy atom. The van der Waals surface area contributed by atoms with Crippen molar-refractivity contribution in [1.82, 2.24) is 0 Å². The van der Waals surface area contributed by atoms with Crippen molar-refractivity contribution in [3.63, 3.8) is 0 Å². The van der Waals surface area contributed by atoms with E-state index in [0.717, 1.165) is 0 Å². The van der Waals surface area contributed by atoms with Crippen LogP contribution in [0.5, 0.6) is 0 Å². The molecule has 1 aromatic carbocycles. The van der Waals surface area contributed by atoms with Crippen LogP contribution in [0.25, 0.3) is 6.08 Å². The highest BCUT2D eigenvalue weighted by Crippen LogP contribution is 1.98. The maximum Gasteiger partial charge on any atom is -0.0178 e. The SMILES string of the molecule is C/C=C/c1c[c]ccc1. The molecule has 0 N–H and O–H groups in total. The lowest BCUT2D eigenvalue weighted by atomic mass is 10.2. The molecule has 0 bridgehead atoms. The van der Waals surface area contributed by atoms with E-state index in [1.807, 2.05) is 31.2 Å². The third-order valence-electron chi connectivity index (χ3n) is 1.09. The molecule has 0 aromatic heterocycles. The van der Waals surface area contributed by atoms with Crippen LogP contribution in [0.1, 0.15) is 12.5 Å². The minimum Gasteiger partial charge on any atom is -0.0871 e. The number of benzene rings is 1. The van der Waals surface area contributed by atoms with E-state index in [-0.39, 0.29) is 0 Å². The van der Waals surface area contributed by atoms with Crippen LogP contribution >= 0.6 is 0 Å². The Labute approximate surface area is 55.8 Å². The minimum absolute atomic E-state index is 1.21. The van der Waals surface area contributed by atoms with Crippen LogP contribution in [0.15, 0.2) is 30.3 Å². The molecule has 0 aliphatic heterocycles. The first-order valence-electron chi connectivity index (χ1n) is 3.02. The molecule has 45 valence electrons. The molecule has 0 unspecified atom stereocenters. The van der Waals surface area contributed by atoms with E-state index in [1.165, 1.54) is 5.56 Å². The molecule has 1 rings (SSSR count). The van der Waals surface area contributed by atoms with Crippen molar-refractivity contribution in [3.05, 3.63) is 42.0 Å². The molecule has 0 heterocycles. The van der Waals surface area contributed by atoms with Crippen LogP contribution in [0, 0.1) is 6.07 Å². The molecule has 0 spiro atoms. The maximum absolute atomic E-state index is 2.99. The molecule has 0 heteroatoms. The van der Waals surface area contributed by atoms with Gasteiger partial charge in [0.15, 0.2) is 0 Å². The Morgan fingerprint density at radius 2 is 2.44 bits per heavy atom. The Bertz CT molecular complexity index is 184. The standard InChI is InChI=1S/C9H9/c1-2-6-9-7-4-3-5-8-9/h2-4,6-8H,1H3/b6-2+. The molecule has 0 saturated carbocycles. The summed E-state index contributed by atoms with van der Waals surface area (Å²) in [6, 6.07) is 10.9. The molecule has 9 heavy (non-hydrogen) atoms. The zero-order chi connectivity index (χ0) is 6.53. The summed E-state index contributed by atoms with van der Waals surface area (Å²) in [6.45, 7) is 2.01. The van der Waals surface area contributed by atoms with Crippen molar-refractivity contribution in [1.29, 1.82) is 0 Å². The average molecular weight is 117 g/mol. The van der Waals surface area contributed by atoms with E-state index < -0.39 is 0 Å². The van der Waals surface area contributed by atoms with Gasteiger partial charge in [0.05, 0.1) is 0 Å². The van der Waals surface area contributed by atoms with Crippen LogP contribution in [0.4, 0.5) is 0 Å². The smallest absolute Gasteiger partial charge is 0.0178 e. The highest BCUT2D eigenvalue weighted by atomic mass is 13.8. The molecule has 0 fully saturated rings. The van der Waals surface area contributed by atoms with Gasteiger partial charge in [0.25, 0.3) is 0 Å². The predicted octanol–water partition coefficient (Wildman–Crippen LogP) is 2.52. The van der Waals surface area contributed by atoms with Gasteiger partial charge in [-0.15, -0.1) is 0 Å². The summed E-state index contributed by atoms with van der Waals surface area (Å²) in [7, 11) is 0. The first-order chi connectivity index (χ1) is 4.43. The van der Waals surface area contributed by atoms with Gasteiger partial charge in [-0.05, 0) is 24.6 Å². The lowest BCUT2D eigenvalue weighted by Crippen LogP contribution is -1.66. The number of hydrogen-bond donors (Lipinski definition) is 0. The molecular formula is C9H9. The second kappa shape index (κ2) is 3.08.